The van der Waals surface area contributed by atoms with E-state index >= 15 is 0 Å². The summed E-state index contributed by atoms with van der Waals surface area (Å²) in [6.45, 7) is 12.7. The van der Waals surface area contributed by atoms with Crippen LogP contribution in [0.15, 0.2) is 12.2 Å². The Hall–Kier alpha value is -1.67. The van der Waals surface area contributed by atoms with E-state index in [-0.39, 0.29) is 10.9 Å². The first-order valence-electron chi connectivity index (χ1n) is 9.08. The number of aliphatic hydroxyl groups excluding tert-OH is 1. The number of amides is 1. The van der Waals surface area contributed by atoms with Gasteiger partial charge in [0.15, 0.2) is 8.32 Å². The highest BCUT2D eigenvalue weighted by atomic mass is 28.4. The zero-order valence-electron chi connectivity index (χ0n) is 16.7. The maximum atomic E-state index is 13.1. The number of likely N-dealkylation sites (tertiary alicyclic amines) is 1. The van der Waals surface area contributed by atoms with E-state index in [0.717, 1.165) is 12.8 Å². The molecule has 7 heteroatoms. The lowest BCUT2D eigenvalue weighted by molar-refractivity contribution is -0.136. The van der Waals surface area contributed by atoms with Crippen molar-refractivity contribution in [3.63, 3.8) is 0 Å². The molecule has 0 aromatic carbocycles. The van der Waals surface area contributed by atoms with Crippen LogP contribution in [-0.4, -0.2) is 49.0 Å². The fourth-order valence-electron chi connectivity index (χ4n) is 2.63. The van der Waals surface area contributed by atoms with Crippen molar-refractivity contribution in [3.05, 3.63) is 12.2 Å². The van der Waals surface area contributed by atoms with E-state index in [1.165, 1.54) is 12.2 Å². The van der Waals surface area contributed by atoms with Crippen molar-refractivity contribution in [2.45, 2.75) is 70.4 Å². The molecule has 0 aliphatic carbocycles. The molecule has 1 amide bonds. The van der Waals surface area contributed by atoms with Gasteiger partial charge in [0.05, 0.1) is 6.10 Å². The van der Waals surface area contributed by atoms with Crippen molar-refractivity contribution >= 4 is 14.2 Å². The molecular weight excluding hydrogens is 346 g/mol. The van der Waals surface area contributed by atoms with Crippen molar-refractivity contribution in [2.24, 2.45) is 5.92 Å². The highest BCUT2D eigenvalue weighted by molar-refractivity contribution is 6.74. The molecule has 1 aliphatic rings. The van der Waals surface area contributed by atoms with E-state index in [0.29, 0.717) is 13.1 Å². The van der Waals surface area contributed by atoms with Crippen molar-refractivity contribution in [3.8, 4) is 12.1 Å². The van der Waals surface area contributed by atoms with Gasteiger partial charge in [0.25, 0.3) is 0 Å². The number of hydrogen-bond donors (Lipinski definition) is 1. The third kappa shape index (κ3) is 4.94. The van der Waals surface area contributed by atoms with E-state index in [9.17, 15) is 20.4 Å². The molecule has 0 spiro atoms. The maximum Gasteiger partial charge on any atom is 0.247 e. The number of nitrogens with zero attached hydrogens (tertiary/aromatic N) is 3. The molecule has 0 unspecified atom stereocenters. The first kappa shape index (κ1) is 22.4. The number of hydrogen-bond acceptors (Lipinski definition) is 5. The third-order valence-electron chi connectivity index (χ3n) is 5.26. The highest BCUT2D eigenvalue weighted by Gasteiger charge is 2.52. The topological polar surface area (TPSA) is 97.4 Å². The summed E-state index contributed by atoms with van der Waals surface area (Å²) in [6, 6.07) is 3.99. The van der Waals surface area contributed by atoms with Gasteiger partial charge in [-0.3, -0.25) is 4.79 Å². The van der Waals surface area contributed by atoms with E-state index in [1.807, 2.05) is 46.0 Å². The van der Waals surface area contributed by atoms with Crippen LogP contribution < -0.4 is 0 Å². The van der Waals surface area contributed by atoms with Crippen molar-refractivity contribution in [1.82, 2.24) is 4.90 Å². The Morgan fingerprint density at radius 1 is 1.19 bits per heavy atom. The smallest absolute Gasteiger partial charge is 0.247 e. The van der Waals surface area contributed by atoms with E-state index in [1.54, 1.807) is 11.8 Å². The first-order chi connectivity index (χ1) is 11.9. The van der Waals surface area contributed by atoms with Crippen LogP contribution in [0.3, 0.4) is 0 Å². The lowest BCUT2D eigenvalue weighted by Crippen LogP contribution is -2.55. The van der Waals surface area contributed by atoms with Crippen LogP contribution in [0, 0.1) is 28.6 Å². The van der Waals surface area contributed by atoms with Gasteiger partial charge in [0.1, 0.15) is 18.1 Å². The molecule has 0 aromatic rings. The fourth-order valence-corrected chi connectivity index (χ4v) is 3.96. The Kier molecular flexibility index (Phi) is 7.18. The molecule has 1 saturated heterocycles. The Bertz CT molecular complexity index is 603. The van der Waals surface area contributed by atoms with Crippen LogP contribution in [0.5, 0.6) is 0 Å². The van der Waals surface area contributed by atoms with Crippen LogP contribution in [-0.2, 0) is 9.22 Å². The molecule has 26 heavy (non-hydrogen) atoms. The van der Waals surface area contributed by atoms with Gasteiger partial charge in [0.2, 0.25) is 11.5 Å². The number of carbonyl (C=O) groups excluding carboxylic acids is 1. The molecule has 1 aliphatic heterocycles. The van der Waals surface area contributed by atoms with E-state index in [4.69, 9.17) is 4.43 Å². The summed E-state index contributed by atoms with van der Waals surface area (Å²) < 4.78 is 6.20. The minimum Gasteiger partial charge on any atom is -0.389 e. The van der Waals surface area contributed by atoms with Gasteiger partial charge < -0.3 is 14.4 Å². The first-order valence-corrected chi connectivity index (χ1v) is 12.0. The third-order valence-corrected chi connectivity index (χ3v) is 9.70. The van der Waals surface area contributed by atoms with Crippen molar-refractivity contribution in [2.75, 3.05) is 13.1 Å². The Balaban J connectivity index is 3.37. The Labute approximate surface area is 158 Å². The van der Waals surface area contributed by atoms with Gasteiger partial charge in [-0.25, -0.2) is 0 Å². The van der Waals surface area contributed by atoms with Crippen LogP contribution in [0.2, 0.25) is 18.1 Å². The number of carbonyl (C=O) groups is 1. The maximum absolute atomic E-state index is 13.1. The number of aliphatic hydroxyl groups is 1. The number of nitriles is 2. The van der Waals surface area contributed by atoms with Crippen molar-refractivity contribution < 1.29 is 14.3 Å². The zero-order valence-corrected chi connectivity index (χ0v) is 17.7. The summed E-state index contributed by atoms with van der Waals surface area (Å²) in [7, 11) is -2.50. The van der Waals surface area contributed by atoms with Crippen molar-refractivity contribution in [1.29, 1.82) is 10.5 Å². The molecule has 144 valence electrons. The average molecular weight is 378 g/mol. The van der Waals surface area contributed by atoms with Crippen LogP contribution in [0.25, 0.3) is 0 Å². The summed E-state index contributed by atoms with van der Waals surface area (Å²) in [5.74, 6) is -1.36. The van der Waals surface area contributed by atoms with Gasteiger partial charge >= 0.3 is 0 Å². The lowest BCUT2D eigenvalue weighted by atomic mass is 9.88. The monoisotopic (exact) mass is 377 g/mol. The van der Waals surface area contributed by atoms with Gasteiger partial charge in [-0.05, 0) is 37.9 Å². The molecule has 1 fully saturated rings. The molecule has 1 heterocycles. The van der Waals surface area contributed by atoms with Crippen LogP contribution in [0.4, 0.5) is 0 Å². The SMILES string of the molecule is C[C@H](O)/C=C/[C@H](C(=O)N1CCCC1)C(C#N)(C#N)O[Si](C)(C)C(C)(C)C. The molecule has 0 radical (unpaired) electrons. The Morgan fingerprint density at radius 3 is 2.08 bits per heavy atom. The molecule has 6 nitrogen and oxygen atoms in total. The molecule has 0 bridgehead atoms. The minimum absolute atomic E-state index is 0.221. The highest BCUT2D eigenvalue weighted by Crippen LogP contribution is 2.41. The summed E-state index contributed by atoms with van der Waals surface area (Å²) in [5, 5.41) is 29.2. The minimum atomic E-state index is -2.50. The predicted octanol–water partition coefficient (Wildman–Crippen LogP) is 2.97. The van der Waals surface area contributed by atoms with Gasteiger partial charge in [-0.1, -0.05) is 32.9 Å². The zero-order chi connectivity index (χ0) is 20.2. The second-order valence-corrected chi connectivity index (χ2v) is 13.2. The van der Waals surface area contributed by atoms with Crippen LogP contribution in [0.1, 0.15) is 40.5 Å². The quantitative estimate of drug-likeness (QED) is 0.567. The lowest BCUT2D eigenvalue weighted by Gasteiger charge is -2.42. The molecular formula is C19H31N3O3Si. The van der Waals surface area contributed by atoms with Gasteiger partial charge in [-0.15, -0.1) is 0 Å². The Morgan fingerprint density at radius 2 is 1.69 bits per heavy atom. The predicted molar refractivity (Wildman–Crippen MR) is 102 cm³/mol. The normalized spacial score (nSPS) is 18.4. The van der Waals surface area contributed by atoms with Gasteiger partial charge in [-0.2, -0.15) is 10.5 Å². The van der Waals surface area contributed by atoms with E-state index < -0.39 is 25.9 Å². The molecule has 0 aromatic heterocycles. The molecule has 2 atom stereocenters. The summed E-state index contributed by atoms with van der Waals surface area (Å²) in [5.41, 5.74) is -1.91. The second kappa shape index (κ2) is 8.35. The fraction of sp³-hybridized carbons (Fsp3) is 0.737. The molecule has 1 N–H and O–H groups in total. The average Bonchev–Trinajstić information content (AvgIpc) is 3.06. The molecule has 1 rings (SSSR count). The second-order valence-electron chi connectivity index (χ2n) is 8.46. The largest absolute Gasteiger partial charge is 0.389 e. The summed E-state index contributed by atoms with van der Waals surface area (Å²) in [6.07, 6.45) is 3.94. The van der Waals surface area contributed by atoms with Gasteiger partial charge in [0, 0.05) is 13.1 Å². The standard InChI is InChI=1S/C19H31N3O3Si/c1-15(23)9-10-16(17(24)22-11-7-8-12-22)19(13-20,14-21)25-26(5,6)18(2,3)4/h9-10,15-16,23H,7-8,11-12H2,1-6H3/b10-9+/t15-,16+/m0/s1. The van der Waals surface area contributed by atoms with Crippen LogP contribution >= 0.6 is 0 Å². The summed E-state index contributed by atoms with van der Waals surface area (Å²) >= 11 is 0. The summed E-state index contributed by atoms with van der Waals surface area (Å²) in [4.78, 5) is 14.8. The van der Waals surface area contributed by atoms with E-state index in [2.05, 4.69) is 0 Å². The number of rotatable bonds is 6. The molecule has 0 saturated carbocycles.